The van der Waals surface area contributed by atoms with Gasteiger partial charge in [0.2, 0.25) is 11.8 Å². The summed E-state index contributed by atoms with van der Waals surface area (Å²) in [5.41, 5.74) is 2.72. The molecule has 1 fully saturated rings. The molecule has 7 heteroatoms. The Hall–Kier alpha value is -3.07. The third kappa shape index (κ3) is 6.50. The number of halogens is 1. The maximum absolute atomic E-state index is 12.7. The molecule has 0 saturated carbocycles. The predicted octanol–water partition coefficient (Wildman–Crippen LogP) is 5.89. The summed E-state index contributed by atoms with van der Waals surface area (Å²) in [5, 5.41) is 6.49. The Balaban J connectivity index is 1.35. The number of ether oxygens (including phenoxy) is 1. The quantitative estimate of drug-likeness (QED) is 0.348. The van der Waals surface area contributed by atoms with Crippen molar-refractivity contribution in [2.24, 2.45) is 5.92 Å². The Labute approximate surface area is 213 Å². The number of hydrogen-bond acceptors (Lipinski definition) is 4. The highest BCUT2D eigenvalue weighted by molar-refractivity contribution is 14.1. The maximum atomic E-state index is 12.7. The number of likely N-dealkylation sites (tertiary alicyclic amines) is 1. The lowest BCUT2D eigenvalue weighted by molar-refractivity contribution is -0.132. The molecule has 0 radical (unpaired) electrons. The van der Waals surface area contributed by atoms with Crippen LogP contribution in [-0.4, -0.2) is 29.8 Å². The summed E-state index contributed by atoms with van der Waals surface area (Å²) < 4.78 is 7.23. The molecular weight excluding hydrogens is 541 g/mol. The van der Waals surface area contributed by atoms with Crippen molar-refractivity contribution in [1.29, 1.82) is 0 Å². The Morgan fingerprint density at radius 1 is 1.00 bits per heavy atom. The highest BCUT2D eigenvalue weighted by Crippen LogP contribution is 2.30. The van der Waals surface area contributed by atoms with Crippen molar-refractivity contribution in [3.63, 3.8) is 0 Å². The van der Waals surface area contributed by atoms with Gasteiger partial charge in [-0.25, -0.2) is 0 Å². The van der Waals surface area contributed by atoms with Crippen molar-refractivity contribution in [3.05, 3.63) is 81.9 Å². The number of nitrogens with zero attached hydrogens (tertiary/aromatic N) is 1. The summed E-state index contributed by atoms with van der Waals surface area (Å²) in [5.74, 6) is 1.57. The van der Waals surface area contributed by atoms with Crippen LogP contribution in [0.15, 0.2) is 72.8 Å². The second-order valence-corrected chi connectivity index (χ2v) is 9.62. The number of para-hydroxylation sites is 2. The SMILES string of the molecule is CC(=O)N1CCC(C(=O)Nc2cccc(CNc3ccccc3Oc3ccc(I)cc3)c2)CC1. The summed E-state index contributed by atoms with van der Waals surface area (Å²) in [6.45, 7) is 3.45. The molecule has 0 bridgehead atoms. The highest BCUT2D eigenvalue weighted by Gasteiger charge is 2.26. The molecule has 6 nitrogen and oxygen atoms in total. The van der Waals surface area contributed by atoms with E-state index in [1.54, 1.807) is 11.8 Å². The number of carbonyl (C=O) groups is 2. The fourth-order valence-corrected chi connectivity index (χ4v) is 4.35. The Morgan fingerprint density at radius 2 is 1.74 bits per heavy atom. The molecule has 2 N–H and O–H groups in total. The molecule has 1 aliphatic heterocycles. The Morgan fingerprint density at radius 3 is 2.47 bits per heavy atom. The van der Waals surface area contributed by atoms with E-state index in [9.17, 15) is 9.59 Å². The molecule has 2 amide bonds. The van der Waals surface area contributed by atoms with Gasteiger partial charge in [-0.3, -0.25) is 9.59 Å². The topological polar surface area (TPSA) is 70.7 Å². The first kappa shape index (κ1) is 24.1. The summed E-state index contributed by atoms with van der Waals surface area (Å²) in [6, 6.07) is 23.6. The van der Waals surface area contributed by atoms with Gasteiger partial charge >= 0.3 is 0 Å². The normalized spacial score (nSPS) is 13.9. The van der Waals surface area contributed by atoms with Crippen LogP contribution >= 0.6 is 22.6 Å². The third-order valence-electron chi connectivity index (χ3n) is 5.92. The molecule has 0 unspecified atom stereocenters. The number of rotatable bonds is 7. The van der Waals surface area contributed by atoms with E-state index in [2.05, 4.69) is 33.2 Å². The number of nitrogens with one attached hydrogen (secondary N) is 2. The molecule has 176 valence electrons. The molecule has 1 saturated heterocycles. The first-order chi connectivity index (χ1) is 16.5. The number of anilines is 2. The van der Waals surface area contributed by atoms with E-state index in [0.717, 1.165) is 32.0 Å². The second kappa shape index (κ2) is 11.4. The van der Waals surface area contributed by atoms with E-state index in [1.165, 1.54) is 0 Å². The van der Waals surface area contributed by atoms with Gasteiger partial charge in [0.1, 0.15) is 5.75 Å². The first-order valence-electron chi connectivity index (χ1n) is 11.4. The van der Waals surface area contributed by atoms with E-state index in [1.807, 2.05) is 72.8 Å². The van der Waals surface area contributed by atoms with Crippen LogP contribution in [0.25, 0.3) is 0 Å². The van der Waals surface area contributed by atoms with Crippen molar-refractivity contribution < 1.29 is 14.3 Å². The minimum absolute atomic E-state index is 0.0181. The number of benzene rings is 3. The monoisotopic (exact) mass is 569 g/mol. The minimum atomic E-state index is -0.0670. The largest absolute Gasteiger partial charge is 0.455 e. The fourth-order valence-electron chi connectivity index (χ4n) is 3.99. The molecule has 0 atom stereocenters. The summed E-state index contributed by atoms with van der Waals surface area (Å²) in [6.07, 6.45) is 1.40. The lowest BCUT2D eigenvalue weighted by Gasteiger charge is -2.30. The summed E-state index contributed by atoms with van der Waals surface area (Å²) >= 11 is 2.27. The van der Waals surface area contributed by atoms with Crippen LogP contribution in [-0.2, 0) is 16.1 Å². The molecular formula is C27H28IN3O3. The van der Waals surface area contributed by atoms with Crippen LogP contribution in [0, 0.1) is 9.49 Å². The lowest BCUT2D eigenvalue weighted by Crippen LogP contribution is -2.40. The zero-order chi connectivity index (χ0) is 23.9. The number of carbonyl (C=O) groups excluding carboxylic acids is 2. The maximum Gasteiger partial charge on any atom is 0.227 e. The van der Waals surface area contributed by atoms with Crippen LogP contribution in [0.5, 0.6) is 11.5 Å². The molecule has 4 rings (SSSR count). The van der Waals surface area contributed by atoms with Gasteiger partial charge in [0.05, 0.1) is 5.69 Å². The molecule has 34 heavy (non-hydrogen) atoms. The van der Waals surface area contributed by atoms with E-state index in [-0.39, 0.29) is 17.7 Å². The van der Waals surface area contributed by atoms with E-state index >= 15 is 0 Å². The average Bonchev–Trinajstić information content (AvgIpc) is 2.85. The van der Waals surface area contributed by atoms with Crippen molar-refractivity contribution in [2.75, 3.05) is 23.7 Å². The summed E-state index contributed by atoms with van der Waals surface area (Å²) in [4.78, 5) is 26.0. The minimum Gasteiger partial charge on any atom is -0.455 e. The van der Waals surface area contributed by atoms with Gasteiger partial charge in [-0.15, -0.1) is 0 Å². The van der Waals surface area contributed by atoms with Crippen LogP contribution in [0.2, 0.25) is 0 Å². The van der Waals surface area contributed by atoms with Crippen molar-refractivity contribution in [3.8, 4) is 11.5 Å². The van der Waals surface area contributed by atoms with Gasteiger partial charge in [0.15, 0.2) is 5.75 Å². The van der Waals surface area contributed by atoms with Crippen LogP contribution in [0.4, 0.5) is 11.4 Å². The Bertz CT molecular complexity index is 1140. The molecule has 3 aromatic carbocycles. The zero-order valence-electron chi connectivity index (χ0n) is 19.1. The number of hydrogen-bond donors (Lipinski definition) is 2. The molecule has 0 aliphatic carbocycles. The van der Waals surface area contributed by atoms with Gasteiger partial charge in [0, 0.05) is 41.7 Å². The van der Waals surface area contributed by atoms with Crippen molar-refractivity contribution in [1.82, 2.24) is 4.90 Å². The van der Waals surface area contributed by atoms with Gasteiger partial charge in [-0.2, -0.15) is 0 Å². The molecule has 3 aromatic rings. The van der Waals surface area contributed by atoms with Gasteiger partial charge in [-0.1, -0.05) is 24.3 Å². The summed E-state index contributed by atoms with van der Waals surface area (Å²) in [7, 11) is 0. The van der Waals surface area contributed by atoms with Crippen LogP contribution < -0.4 is 15.4 Å². The number of amides is 2. The predicted molar refractivity (Wildman–Crippen MR) is 143 cm³/mol. The third-order valence-corrected chi connectivity index (χ3v) is 6.64. The van der Waals surface area contributed by atoms with E-state index < -0.39 is 0 Å². The van der Waals surface area contributed by atoms with Crippen LogP contribution in [0.3, 0.4) is 0 Å². The second-order valence-electron chi connectivity index (χ2n) is 8.38. The van der Waals surface area contributed by atoms with Gasteiger partial charge < -0.3 is 20.3 Å². The Kier molecular flexibility index (Phi) is 8.05. The smallest absolute Gasteiger partial charge is 0.227 e. The molecule has 0 aromatic heterocycles. The highest BCUT2D eigenvalue weighted by atomic mass is 127. The van der Waals surface area contributed by atoms with E-state index in [4.69, 9.17) is 4.74 Å². The van der Waals surface area contributed by atoms with E-state index in [0.29, 0.717) is 32.5 Å². The van der Waals surface area contributed by atoms with Crippen molar-refractivity contribution >= 4 is 45.8 Å². The standard InChI is InChI=1S/C27H28IN3O3/c1-19(32)31-15-13-21(14-16-31)27(33)30-23-6-4-5-20(17-23)18-29-25-7-2-3-8-26(25)34-24-11-9-22(28)10-12-24/h2-12,17,21,29H,13-16,18H2,1H3,(H,30,33). The van der Waals surface area contributed by atoms with Gasteiger partial charge in [-0.05, 0) is 89.5 Å². The zero-order valence-corrected chi connectivity index (χ0v) is 21.2. The molecule has 0 spiro atoms. The number of piperidine rings is 1. The van der Waals surface area contributed by atoms with Crippen LogP contribution in [0.1, 0.15) is 25.3 Å². The molecule has 1 aliphatic rings. The molecule has 1 heterocycles. The first-order valence-corrected chi connectivity index (χ1v) is 12.5. The average molecular weight is 569 g/mol. The lowest BCUT2D eigenvalue weighted by atomic mass is 9.95. The van der Waals surface area contributed by atoms with Crippen molar-refractivity contribution in [2.45, 2.75) is 26.3 Å². The van der Waals surface area contributed by atoms with Gasteiger partial charge in [0.25, 0.3) is 0 Å². The fraction of sp³-hybridized carbons (Fsp3) is 0.259.